The highest BCUT2D eigenvalue weighted by atomic mass is 35.5. The third kappa shape index (κ3) is 5.02. The molecule has 0 spiro atoms. The van der Waals surface area contributed by atoms with Crippen molar-refractivity contribution in [1.82, 2.24) is 0 Å². The summed E-state index contributed by atoms with van der Waals surface area (Å²) in [5, 5.41) is 13.8. The van der Waals surface area contributed by atoms with Crippen LogP contribution in [0.25, 0.3) is 0 Å². The molecule has 0 radical (unpaired) electrons. The van der Waals surface area contributed by atoms with Crippen molar-refractivity contribution in [1.29, 1.82) is 0 Å². The topological polar surface area (TPSA) is 125 Å². The third-order valence-corrected chi connectivity index (χ3v) is 6.36. The van der Waals surface area contributed by atoms with Crippen molar-refractivity contribution in [2.75, 3.05) is 19.0 Å². The zero-order valence-corrected chi connectivity index (χ0v) is 18.3. The number of hydrogen-bond acceptors (Lipinski definition) is 8. The minimum absolute atomic E-state index is 0.111. The number of nitro benzene ring substituents is 1. The number of nitrogens with one attached hydrogen (secondary N) is 1. The molecule has 1 aliphatic rings. The molecule has 9 nitrogen and oxygen atoms in total. The van der Waals surface area contributed by atoms with Crippen LogP contribution in [0.5, 0.6) is 0 Å². The fourth-order valence-corrected chi connectivity index (χ4v) is 4.92. The Bertz CT molecular complexity index is 1070. The highest BCUT2D eigenvalue weighted by molar-refractivity contribution is 7.17. The average Bonchev–Trinajstić information content (AvgIpc) is 3.08. The number of benzene rings is 1. The highest BCUT2D eigenvalue weighted by Crippen LogP contribution is 2.40. The number of carbonyl (C=O) groups excluding carboxylic acids is 3. The van der Waals surface area contributed by atoms with Gasteiger partial charge >= 0.3 is 11.9 Å². The van der Waals surface area contributed by atoms with E-state index in [0.717, 1.165) is 35.8 Å². The number of rotatable bonds is 6. The number of nitro groups is 1. The fourth-order valence-electron chi connectivity index (χ4n) is 3.31. The van der Waals surface area contributed by atoms with Crippen molar-refractivity contribution in [3.8, 4) is 0 Å². The first kappa shape index (κ1) is 22.7. The number of amides is 1. The van der Waals surface area contributed by atoms with Crippen LogP contribution >= 0.6 is 22.9 Å². The van der Waals surface area contributed by atoms with E-state index in [1.54, 1.807) is 0 Å². The maximum Gasteiger partial charge on any atom is 0.341 e. The molecule has 1 atom stereocenters. The molecular weight excluding hydrogens is 448 g/mol. The summed E-state index contributed by atoms with van der Waals surface area (Å²) < 4.78 is 9.83. The molecule has 3 rings (SSSR count). The number of nitrogens with zero attached hydrogens (tertiary/aromatic N) is 1. The molecule has 11 heteroatoms. The molecule has 0 aliphatic heterocycles. The molecule has 1 aromatic carbocycles. The molecule has 1 aromatic heterocycles. The normalized spacial score (nSPS) is 15.0. The van der Waals surface area contributed by atoms with Gasteiger partial charge in [-0.2, -0.15) is 0 Å². The van der Waals surface area contributed by atoms with Crippen LogP contribution in [-0.4, -0.2) is 36.5 Å². The number of thiophene rings is 1. The smallest absolute Gasteiger partial charge is 0.341 e. The lowest BCUT2D eigenvalue weighted by Crippen LogP contribution is -2.22. The standard InChI is InChI=1S/C20H19ClN2O7S/c1-10-3-5-12-15(7-10)31-18(17(12)20(26)29-2)22-16(24)9-30-19(25)11-4-6-13(21)14(8-11)23(27)28/h4,6,8,10H,3,5,7,9H2,1-2H3,(H,22,24). The number of hydrogen-bond donors (Lipinski definition) is 1. The molecular formula is C20H19ClN2O7S. The monoisotopic (exact) mass is 466 g/mol. The minimum atomic E-state index is -0.914. The second kappa shape index (κ2) is 9.44. The van der Waals surface area contributed by atoms with E-state index in [0.29, 0.717) is 16.5 Å². The van der Waals surface area contributed by atoms with Crippen LogP contribution in [0.3, 0.4) is 0 Å². The Balaban J connectivity index is 1.70. The molecule has 0 saturated carbocycles. The van der Waals surface area contributed by atoms with Gasteiger partial charge in [0.2, 0.25) is 0 Å². The Hall–Kier alpha value is -2.98. The number of esters is 2. The molecule has 1 amide bonds. The van der Waals surface area contributed by atoms with E-state index >= 15 is 0 Å². The van der Waals surface area contributed by atoms with Gasteiger partial charge in [-0.15, -0.1) is 11.3 Å². The van der Waals surface area contributed by atoms with Crippen molar-refractivity contribution in [2.24, 2.45) is 5.92 Å². The first-order valence-electron chi connectivity index (χ1n) is 9.35. The Morgan fingerprint density at radius 1 is 1.32 bits per heavy atom. The van der Waals surface area contributed by atoms with Crippen molar-refractivity contribution < 1.29 is 28.8 Å². The zero-order valence-electron chi connectivity index (χ0n) is 16.7. The largest absolute Gasteiger partial charge is 0.465 e. The highest BCUT2D eigenvalue weighted by Gasteiger charge is 2.29. The van der Waals surface area contributed by atoms with Crippen LogP contribution in [0.2, 0.25) is 5.02 Å². The number of anilines is 1. The molecule has 1 unspecified atom stereocenters. The van der Waals surface area contributed by atoms with E-state index in [1.165, 1.54) is 30.6 Å². The fraction of sp³-hybridized carbons (Fsp3) is 0.350. The SMILES string of the molecule is COC(=O)c1c(NC(=O)COC(=O)c2ccc(Cl)c([N+](=O)[O-])c2)sc2c1CCC(C)C2. The summed E-state index contributed by atoms with van der Waals surface area (Å²) in [6, 6.07) is 3.45. The molecule has 1 heterocycles. The number of ether oxygens (including phenoxy) is 2. The van der Waals surface area contributed by atoms with Gasteiger partial charge < -0.3 is 14.8 Å². The van der Waals surface area contributed by atoms with Crippen molar-refractivity contribution in [2.45, 2.75) is 26.2 Å². The molecule has 1 N–H and O–H groups in total. The van der Waals surface area contributed by atoms with Crippen LogP contribution in [0.4, 0.5) is 10.7 Å². The first-order chi connectivity index (χ1) is 14.7. The second-order valence-corrected chi connectivity index (χ2v) is 8.61. The van der Waals surface area contributed by atoms with E-state index in [9.17, 15) is 24.5 Å². The lowest BCUT2D eigenvalue weighted by atomic mass is 9.88. The average molecular weight is 467 g/mol. The van der Waals surface area contributed by atoms with Crippen LogP contribution in [0, 0.1) is 16.0 Å². The van der Waals surface area contributed by atoms with E-state index in [2.05, 4.69) is 12.2 Å². The summed E-state index contributed by atoms with van der Waals surface area (Å²) in [7, 11) is 1.27. The molecule has 0 fully saturated rings. The van der Waals surface area contributed by atoms with E-state index < -0.39 is 35.1 Å². The number of methoxy groups -OCH3 is 1. The minimum Gasteiger partial charge on any atom is -0.465 e. The molecule has 0 saturated heterocycles. The Labute approximate surface area is 186 Å². The van der Waals surface area contributed by atoms with Gasteiger partial charge in [0, 0.05) is 10.9 Å². The van der Waals surface area contributed by atoms with Gasteiger partial charge in [0.1, 0.15) is 10.0 Å². The molecule has 164 valence electrons. The summed E-state index contributed by atoms with van der Waals surface area (Å²) in [4.78, 5) is 48.1. The van der Waals surface area contributed by atoms with Crippen LogP contribution in [0.15, 0.2) is 18.2 Å². The first-order valence-corrected chi connectivity index (χ1v) is 10.5. The predicted octanol–water partition coefficient (Wildman–Crippen LogP) is 4.02. The Morgan fingerprint density at radius 3 is 2.74 bits per heavy atom. The van der Waals surface area contributed by atoms with Gasteiger partial charge in [-0.1, -0.05) is 18.5 Å². The van der Waals surface area contributed by atoms with E-state index in [1.807, 2.05) is 0 Å². The van der Waals surface area contributed by atoms with Gasteiger partial charge in [0.05, 0.1) is 23.2 Å². The maximum absolute atomic E-state index is 12.4. The third-order valence-electron chi connectivity index (χ3n) is 4.87. The van der Waals surface area contributed by atoms with Crippen LogP contribution in [-0.2, 0) is 27.1 Å². The van der Waals surface area contributed by atoms with Gasteiger partial charge in [0.25, 0.3) is 11.6 Å². The molecule has 31 heavy (non-hydrogen) atoms. The lowest BCUT2D eigenvalue weighted by Gasteiger charge is -2.18. The van der Waals surface area contributed by atoms with Crippen LogP contribution < -0.4 is 5.32 Å². The van der Waals surface area contributed by atoms with Gasteiger partial charge in [0.15, 0.2) is 6.61 Å². The Kier molecular flexibility index (Phi) is 6.91. The van der Waals surface area contributed by atoms with Crippen molar-refractivity contribution in [3.05, 3.63) is 54.9 Å². The summed E-state index contributed by atoms with van der Waals surface area (Å²) in [5.74, 6) is -1.62. The van der Waals surface area contributed by atoms with Gasteiger partial charge in [-0.25, -0.2) is 9.59 Å². The summed E-state index contributed by atoms with van der Waals surface area (Å²) in [5.41, 5.74) is 0.666. The van der Waals surface area contributed by atoms with Gasteiger partial charge in [-0.3, -0.25) is 14.9 Å². The maximum atomic E-state index is 12.4. The summed E-state index contributed by atoms with van der Waals surface area (Å²) >= 11 is 7.04. The van der Waals surface area contributed by atoms with E-state index in [4.69, 9.17) is 21.1 Å². The lowest BCUT2D eigenvalue weighted by molar-refractivity contribution is -0.384. The van der Waals surface area contributed by atoms with Crippen molar-refractivity contribution >= 4 is 51.5 Å². The predicted molar refractivity (Wildman–Crippen MR) is 114 cm³/mol. The number of fused-ring (bicyclic) bond motifs is 1. The molecule has 2 aromatic rings. The number of carbonyl (C=O) groups is 3. The summed E-state index contributed by atoms with van der Waals surface area (Å²) in [6.07, 6.45) is 2.47. The number of halogens is 1. The molecule has 0 bridgehead atoms. The van der Waals surface area contributed by atoms with Crippen LogP contribution in [0.1, 0.15) is 44.5 Å². The second-order valence-electron chi connectivity index (χ2n) is 7.10. The quantitative estimate of drug-likeness (QED) is 0.387. The van der Waals surface area contributed by atoms with Crippen molar-refractivity contribution in [3.63, 3.8) is 0 Å². The molecule has 1 aliphatic carbocycles. The Morgan fingerprint density at radius 2 is 2.06 bits per heavy atom. The summed E-state index contributed by atoms with van der Waals surface area (Å²) in [6.45, 7) is 1.49. The zero-order chi connectivity index (χ0) is 22.7. The van der Waals surface area contributed by atoms with E-state index in [-0.39, 0.29) is 10.6 Å². The van der Waals surface area contributed by atoms with Gasteiger partial charge in [-0.05, 0) is 42.9 Å².